The predicted octanol–water partition coefficient (Wildman–Crippen LogP) is 1.15. The molecule has 1 aromatic rings. The van der Waals surface area contributed by atoms with Crippen molar-refractivity contribution in [1.29, 1.82) is 0 Å². The van der Waals surface area contributed by atoms with Gasteiger partial charge >= 0.3 is 0 Å². The van der Waals surface area contributed by atoms with Gasteiger partial charge in [-0.3, -0.25) is 4.79 Å². The van der Waals surface area contributed by atoms with Crippen LogP contribution in [0.25, 0.3) is 0 Å². The summed E-state index contributed by atoms with van der Waals surface area (Å²) in [5.41, 5.74) is 7.38. The average Bonchev–Trinajstić information content (AvgIpc) is 2.97. The Morgan fingerprint density at radius 3 is 3.14 bits per heavy atom. The van der Waals surface area contributed by atoms with Crippen LogP contribution in [0, 0.1) is 0 Å². The second kappa shape index (κ2) is 6.44. The Hall–Kier alpha value is -1.95. The number of amides is 1. The van der Waals surface area contributed by atoms with E-state index in [9.17, 15) is 4.79 Å². The molecule has 0 saturated carbocycles. The van der Waals surface area contributed by atoms with E-state index in [-0.39, 0.29) is 18.1 Å². The second-order valence-electron chi connectivity index (χ2n) is 5.98. The Morgan fingerprint density at radius 1 is 1.50 bits per heavy atom. The van der Waals surface area contributed by atoms with Crippen molar-refractivity contribution in [3.63, 3.8) is 0 Å². The van der Waals surface area contributed by atoms with Crippen molar-refractivity contribution in [3.8, 4) is 5.75 Å². The maximum atomic E-state index is 12.2. The third-order valence-corrected chi connectivity index (χ3v) is 4.02. The first kappa shape index (κ1) is 15.0. The van der Waals surface area contributed by atoms with Gasteiger partial charge in [0.1, 0.15) is 11.9 Å². The summed E-state index contributed by atoms with van der Waals surface area (Å²) in [4.78, 5) is 14.2. The van der Waals surface area contributed by atoms with E-state index in [4.69, 9.17) is 15.2 Å². The first-order valence-electron chi connectivity index (χ1n) is 7.81. The van der Waals surface area contributed by atoms with E-state index in [1.165, 1.54) is 0 Å². The molecular formula is C16H23N3O3. The standard InChI is InChI=1S/C16H23N3O3/c1-11-9-19(14-5-4-12(17)7-15(14)22-11)10-16(20)18-8-13-3-2-6-21-13/h4-5,7,11,13H,2-3,6,8-10,17H2,1H3,(H,18,20). The summed E-state index contributed by atoms with van der Waals surface area (Å²) >= 11 is 0. The molecule has 2 atom stereocenters. The molecule has 3 N–H and O–H groups in total. The highest BCUT2D eigenvalue weighted by molar-refractivity contribution is 5.82. The monoisotopic (exact) mass is 305 g/mol. The van der Waals surface area contributed by atoms with Gasteiger partial charge in [0.05, 0.1) is 24.9 Å². The zero-order chi connectivity index (χ0) is 15.5. The lowest BCUT2D eigenvalue weighted by Gasteiger charge is -2.34. The maximum Gasteiger partial charge on any atom is 0.239 e. The molecule has 6 nitrogen and oxygen atoms in total. The Labute approximate surface area is 130 Å². The van der Waals surface area contributed by atoms with Crippen LogP contribution in [0.3, 0.4) is 0 Å². The van der Waals surface area contributed by atoms with Crippen molar-refractivity contribution in [2.45, 2.75) is 32.0 Å². The number of nitrogens with two attached hydrogens (primary N) is 1. The Balaban J connectivity index is 1.61. The normalized spacial score (nSPS) is 23.8. The van der Waals surface area contributed by atoms with Crippen molar-refractivity contribution < 1.29 is 14.3 Å². The van der Waals surface area contributed by atoms with Crippen molar-refractivity contribution in [2.75, 3.05) is 36.9 Å². The molecule has 1 fully saturated rings. The van der Waals surface area contributed by atoms with Crippen molar-refractivity contribution >= 4 is 17.3 Å². The Kier molecular flexibility index (Phi) is 4.38. The molecule has 0 aromatic heterocycles. The number of nitrogens with one attached hydrogen (secondary N) is 1. The minimum absolute atomic E-state index is 0.00683. The number of hydrogen-bond donors (Lipinski definition) is 2. The van der Waals surface area contributed by atoms with Crippen LogP contribution in [0.1, 0.15) is 19.8 Å². The van der Waals surface area contributed by atoms with Gasteiger partial charge in [-0.25, -0.2) is 0 Å². The highest BCUT2D eigenvalue weighted by Crippen LogP contribution is 2.34. The van der Waals surface area contributed by atoms with E-state index in [0.717, 1.165) is 30.9 Å². The van der Waals surface area contributed by atoms with Gasteiger partial charge in [-0.2, -0.15) is 0 Å². The highest BCUT2D eigenvalue weighted by atomic mass is 16.5. The molecule has 0 spiro atoms. The molecule has 1 aromatic carbocycles. The van der Waals surface area contributed by atoms with Gasteiger partial charge in [-0.1, -0.05) is 0 Å². The zero-order valence-electron chi connectivity index (χ0n) is 12.9. The molecule has 0 bridgehead atoms. The summed E-state index contributed by atoms with van der Waals surface area (Å²) in [5, 5.41) is 2.96. The number of fused-ring (bicyclic) bond motifs is 1. The quantitative estimate of drug-likeness (QED) is 0.816. The summed E-state index contributed by atoms with van der Waals surface area (Å²) in [7, 11) is 0. The molecule has 1 amide bonds. The maximum absolute atomic E-state index is 12.2. The smallest absolute Gasteiger partial charge is 0.239 e. The van der Waals surface area contributed by atoms with E-state index in [2.05, 4.69) is 5.32 Å². The van der Waals surface area contributed by atoms with Crippen molar-refractivity contribution in [2.24, 2.45) is 0 Å². The minimum Gasteiger partial charge on any atom is -0.487 e. The van der Waals surface area contributed by atoms with Crippen molar-refractivity contribution in [3.05, 3.63) is 18.2 Å². The first-order chi connectivity index (χ1) is 10.6. The number of nitrogens with zero attached hydrogens (tertiary/aromatic N) is 1. The van der Waals surface area contributed by atoms with Crippen LogP contribution in [0.15, 0.2) is 18.2 Å². The van der Waals surface area contributed by atoms with E-state index < -0.39 is 0 Å². The van der Waals surface area contributed by atoms with Crippen LogP contribution in [0.2, 0.25) is 0 Å². The average molecular weight is 305 g/mol. The molecule has 6 heteroatoms. The predicted molar refractivity (Wildman–Crippen MR) is 85.1 cm³/mol. The largest absolute Gasteiger partial charge is 0.487 e. The second-order valence-corrected chi connectivity index (χ2v) is 5.98. The molecule has 0 aliphatic carbocycles. The molecule has 1 saturated heterocycles. The lowest BCUT2D eigenvalue weighted by molar-refractivity contribution is -0.120. The Bertz CT molecular complexity index is 543. The summed E-state index contributed by atoms with van der Waals surface area (Å²) in [5.74, 6) is 0.748. The summed E-state index contributed by atoms with van der Waals surface area (Å²) < 4.78 is 11.3. The van der Waals surface area contributed by atoms with E-state index >= 15 is 0 Å². The molecule has 2 unspecified atom stereocenters. The van der Waals surface area contributed by atoms with E-state index in [1.54, 1.807) is 0 Å². The number of benzene rings is 1. The van der Waals surface area contributed by atoms with Crippen LogP contribution in [0.4, 0.5) is 11.4 Å². The van der Waals surface area contributed by atoms with Crippen molar-refractivity contribution in [1.82, 2.24) is 5.32 Å². The molecule has 3 rings (SSSR count). The lowest BCUT2D eigenvalue weighted by atomic mass is 10.2. The van der Waals surface area contributed by atoms with Crippen LogP contribution in [-0.2, 0) is 9.53 Å². The lowest BCUT2D eigenvalue weighted by Crippen LogP contribution is -2.45. The molecular weight excluding hydrogens is 282 g/mol. The minimum atomic E-state index is 0.00683. The molecule has 22 heavy (non-hydrogen) atoms. The number of hydrogen-bond acceptors (Lipinski definition) is 5. The van der Waals surface area contributed by atoms with E-state index in [0.29, 0.717) is 25.3 Å². The van der Waals surface area contributed by atoms with Crippen LogP contribution >= 0.6 is 0 Å². The molecule has 2 aliphatic rings. The fourth-order valence-corrected chi connectivity index (χ4v) is 2.96. The Morgan fingerprint density at radius 2 is 2.36 bits per heavy atom. The van der Waals surface area contributed by atoms with E-state index in [1.807, 2.05) is 30.0 Å². The van der Waals surface area contributed by atoms with Gasteiger partial charge in [0.2, 0.25) is 5.91 Å². The highest BCUT2D eigenvalue weighted by Gasteiger charge is 2.25. The molecule has 2 aliphatic heterocycles. The number of anilines is 2. The number of carbonyl (C=O) groups is 1. The first-order valence-corrected chi connectivity index (χ1v) is 7.81. The summed E-state index contributed by atoms with van der Waals surface area (Å²) in [6.45, 7) is 4.38. The van der Waals surface area contributed by atoms with Gasteiger partial charge in [0.25, 0.3) is 0 Å². The van der Waals surface area contributed by atoms with Gasteiger partial charge in [0.15, 0.2) is 0 Å². The molecule has 2 heterocycles. The fourth-order valence-electron chi connectivity index (χ4n) is 2.96. The van der Waals surface area contributed by atoms with Crippen LogP contribution in [-0.4, -0.2) is 44.4 Å². The number of rotatable bonds is 4. The molecule has 0 radical (unpaired) electrons. The SMILES string of the molecule is CC1CN(CC(=O)NCC2CCCO2)c2ccc(N)cc2O1. The van der Waals surface area contributed by atoms with Gasteiger partial charge in [0, 0.05) is 24.9 Å². The van der Waals surface area contributed by atoms with Gasteiger partial charge in [-0.05, 0) is 31.9 Å². The summed E-state index contributed by atoms with van der Waals surface area (Å²) in [6.07, 6.45) is 2.30. The number of nitrogen functional groups attached to an aromatic ring is 1. The van der Waals surface area contributed by atoms with Gasteiger partial charge < -0.3 is 25.4 Å². The van der Waals surface area contributed by atoms with Gasteiger partial charge in [-0.15, -0.1) is 0 Å². The third-order valence-electron chi connectivity index (χ3n) is 4.02. The zero-order valence-corrected chi connectivity index (χ0v) is 12.9. The van der Waals surface area contributed by atoms with Crippen LogP contribution in [0.5, 0.6) is 5.75 Å². The number of carbonyl (C=O) groups excluding carboxylic acids is 1. The fraction of sp³-hybridized carbons (Fsp3) is 0.562. The topological polar surface area (TPSA) is 76.8 Å². The molecule has 120 valence electrons. The summed E-state index contributed by atoms with van der Waals surface area (Å²) in [6, 6.07) is 5.54. The third kappa shape index (κ3) is 3.44. The van der Waals surface area contributed by atoms with Crippen LogP contribution < -0.4 is 20.7 Å². The number of ether oxygens (including phenoxy) is 2.